The monoisotopic (exact) mass is 315 g/mol. The van der Waals surface area contributed by atoms with E-state index in [1.54, 1.807) is 23.9 Å². The van der Waals surface area contributed by atoms with Gasteiger partial charge in [-0.25, -0.2) is 8.42 Å². The molecule has 0 bridgehead atoms. The van der Waals surface area contributed by atoms with Crippen LogP contribution in [-0.2, 0) is 9.84 Å². The Kier molecular flexibility index (Phi) is 6.55. The van der Waals surface area contributed by atoms with Gasteiger partial charge in [-0.1, -0.05) is 20.8 Å². The molecule has 5 heteroatoms. The number of sulfone groups is 1. The highest BCUT2D eigenvalue weighted by atomic mass is 32.2. The molecule has 0 aliphatic rings. The zero-order valence-corrected chi connectivity index (χ0v) is 14.4. The molecule has 1 rings (SSSR count). The van der Waals surface area contributed by atoms with Crippen molar-refractivity contribution in [2.24, 2.45) is 5.41 Å². The van der Waals surface area contributed by atoms with E-state index in [1.807, 2.05) is 12.1 Å². The third-order valence-corrected chi connectivity index (χ3v) is 4.99. The van der Waals surface area contributed by atoms with Gasteiger partial charge in [0.15, 0.2) is 9.84 Å². The first-order valence-corrected chi connectivity index (χ1v) is 9.70. The first-order chi connectivity index (χ1) is 9.18. The number of rotatable bonds is 7. The van der Waals surface area contributed by atoms with E-state index in [2.05, 4.69) is 26.1 Å². The predicted molar refractivity (Wildman–Crippen MR) is 87.2 cm³/mol. The molecule has 0 fully saturated rings. The van der Waals surface area contributed by atoms with Crippen molar-refractivity contribution >= 4 is 21.6 Å². The van der Waals surface area contributed by atoms with E-state index in [0.29, 0.717) is 10.3 Å². The molecule has 0 aromatic heterocycles. The molecular weight excluding hydrogens is 290 g/mol. The molecular formula is C15H25NO2S2. The molecule has 0 heterocycles. The van der Waals surface area contributed by atoms with Crippen molar-refractivity contribution < 1.29 is 8.42 Å². The Morgan fingerprint density at radius 3 is 2.20 bits per heavy atom. The Morgan fingerprint density at radius 2 is 1.70 bits per heavy atom. The molecule has 0 aliphatic carbocycles. The topological polar surface area (TPSA) is 46.2 Å². The molecule has 1 aromatic carbocycles. The normalized spacial score (nSPS) is 12.6. The number of hydrogen-bond acceptors (Lipinski definition) is 4. The molecule has 0 aliphatic heterocycles. The van der Waals surface area contributed by atoms with Gasteiger partial charge >= 0.3 is 0 Å². The van der Waals surface area contributed by atoms with Gasteiger partial charge in [0.2, 0.25) is 0 Å². The summed E-state index contributed by atoms with van der Waals surface area (Å²) in [5.74, 6) is 0.988. The molecule has 0 unspecified atom stereocenters. The van der Waals surface area contributed by atoms with Crippen molar-refractivity contribution in [3.63, 3.8) is 0 Å². The van der Waals surface area contributed by atoms with E-state index in [-0.39, 0.29) is 0 Å². The summed E-state index contributed by atoms with van der Waals surface area (Å²) in [7, 11) is -3.09. The average molecular weight is 316 g/mol. The van der Waals surface area contributed by atoms with E-state index < -0.39 is 9.84 Å². The third kappa shape index (κ3) is 7.31. The van der Waals surface area contributed by atoms with Gasteiger partial charge < -0.3 is 5.32 Å². The second kappa shape index (κ2) is 7.48. The molecule has 0 atom stereocenters. The van der Waals surface area contributed by atoms with Crippen LogP contribution in [0.4, 0.5) is 0 Å². The van der Waals surface area contributed by atoms with Gasteiger partial charge in [0.25, 0.3) is 0 Å². The molecule has 0 saturated heterocycles. The zero-order valence-electron chi connectivity index (χ0n) is 12.8. The largest absolute Gasteiger partial charge is 0.316 e. The Labute approximate surface area is 127 Å². The van der Waals surface area contributed by atoms with Gasteiger partial charge in [0, 0.05) is 23.4 Å². The number of thioether (sulfide) groups is 1. The Bertz CT molecular complexity index is 502. The van der Waals surface area contributed by atoms with Gasteiger partial charge in [-0.15, -0.1) is 11.8 Å². The molecule has 114 valence electrons. The van der Waals surface area contributed by atoms with Crippen molar-refractivity contribution in [1.82, 2.24) is 5.32 Å². The zero-order chi connectivity index (χ0) is 15.2. The minimum atomic E-state index is -3.09. The van der Waals surface area contributed by atoms with E-state index >= 15 is 0 Å². The molecule has 20 heavy (non-hydrogen) atoms. The van der Waals surface area contributed by atoms with Crippen molar-refractivity contribution in [3.05, 3.63) is 24.3 Å². The van der Waals surface area contributed by atoms with Crippen LogP contribution in [0.25, 0.3) is 0 Å². The number of nitrogens with one attached hydrogen (secondary N) is 1. The van der Waals surface area contributed by atoms with Crippen LogP contribution in [0.3, 0.4) is 0 Å². The summed E-state index contributed by atoms with van der Waals surface area (Å²) in [6.07, 6.45) is 2.40. The van der Waals surface area contributed by atoms with Crippen molar-refractivity contribution in [1.29, 1.82) is 0 Å². The summed E-state index contributed by atoms with van der Waals surface area (Å²) >= 11 is 1.74. The maximum Gasteiger partial charge on any atom is 0.175 e. The highest BCUT2D eigenvalue weighted by molar-refractivity contribution is 7.99. The number of benzene rings is 1. The lowest BCUT2D eigenvalue weighted by Crippen LogP contribution is -2.22. The SMILES string of the molecule is CC(C)(C)CCNCCSc1ccc(S(C)(=O)=O)cc1. The van der Waals surface area contributed by atoms with Crippen LogP contribution in [0, 0.1) is 5.41 Å². The quantitative estimate of drug-likeness (QED) is 0.620. The van der Waals surface area contributed by atoms with Gasteiger partial charge in [-0.3, -0.25) is 0 Å². The standard InChI is InChI=1S/C15H25NO2S2/c1-15(2,3)9-10-16-11-12-19-13-5-7-14(8-6-13)20(4,17)18/h5-8,16H,9-12H2,1-4H3. The van der Waals surface area contributed by atoms with Crippen molar-refractivity contribution in [2.45, 2.75) is 37.0 Å². The highest BCUT2D eigenvalue weighted by Crippen LogP contribution is 2.20. The highest BCUT2D eigenvalue weighted by Gasteiger charge is 2.08. The lowest BCUT2D eigenvalue weighted by Gasteiger charge is -2.17. The van der Waals surface area contributed by atoms with E-state index in [0.717, 1.165) is 23.7 Å². The maximum atomic E-state index is 11.3. The van der Waals surface area contributed by atoms with E-state index in [4.69, 9.17) is 0 Å². The Morgan fingerprint density at radius 1 is 1.10 bits per heavy atom. The molecule has 0 radical (unpaired) electrons. The molecule has 3 nitrogen and oxygen atoms in total. The fourth-order valence-corrected chi connectivity index (χ4v) is 3.05. The summed E-state index contributed by atoms with van der Waals surface area (Å²) in [5, 5.41) is 3.43. The predicted octanol–water partition coefficient (Wildman–Crippen LogP) is 3.21. The van der Waals surface area contributed by atoms with Crippen LogP contribution in [0.5, 0.6) is 0 Å². The lowest BCUT2D eigenvalue weighted by molar-refractivity contribution is 0.369. The smallest absolute Gasteiger partial charge is 0.175 e. The fourth-order valence-electron chi connectivity index (χ4n) is 1.61. The molecule has 1 N–H and O–H groups in total. The first-order valence-electron chi connectivity index (χ1n) is 6.82. The second-order valence-electron chi connectivity index (χ2n) is 6.15. The van der Waals surface area contributed by atoms with E-state index in [9.17, 15) is 8.42 Å². The van der Waals surface area contributed by atoms with Crippen LogP contribution in [-0.4, -0.2) is 33.5 Å². The third-order valence-electron chi connectivity index (χ3n) is 2.85. The van der Waals surface area contributed by atoms with Crippen LogP contribution in [0.15, 0.2) is 34.1 Å². The van der Waals surface area contributed by atoms with Crippen LogP contribution in [0.2, 0.25) is 0 Å². The van der Waals surface area contributed by atoms with Crippen LogP contribution >= 0.6 is 11.8 Å². The summed E-state index contributed by atoms with van der Waals surface area (Å²) in [6, 6.07) is 7.09. The Balaban J connectivity index is 2.26. The van der Waals surface area contributed by atoms with Crippen molar-refractivity contribution in [2.75, 3.05) is 25.1 Å². The lowest BCUT2D eigenvalue weighted by atomic mass is 9.92. The number of hydrogen-bond donors (Lipinski definition) is 1. The minimum absolute atomic E-state index is 0.377. The van der Waals surface area contributed by atoms with Crippen molar-refractivity contribution in [3.8, 4) is 0 Å². The summed E-state index contributed by atoms with van der Waals surface area (Å²) in [6.45, 7) is 8.73. The molecule has 1 aromatic rings. The van der Waals surface area contributed by atoms with Gasteiger partial charge in [-0.05, 0) is 42.6 Å². The molecule has 0 saturated carbocycles. The van der Waals surface area contributed by atoms with Gasteiger partial charge in [-0.2, -0.15) is 0 Å². The fraction of sp³-hybridized carbons (Fsp3) is 0.600. The maximum absolute atomic E-state index is 11.3. The molecule has 0 amide bonds. The van der Waals surface area contributed by atoms with Crippen LogP contribution < -0.4 is 5.32 Å². The van der Waals surface area contributed by atoms with Gasteiger partial charge in [0.05, 0.1) is 4.90 Å². The first kappa shape index (κ1) is 17.5. The Hall–Kier alpha value is -0.520. The minimum Gasteiger partial charge on any atom is -0.316 e. The average Bonchev–Trinajstić information content (AvgIpc) is 2.32. The second-order valence-corrected chi connectivity index (χ2v) is 9.34. The van der Waals surface area contributed by atoms with E-state index in [1.165, 1.54) is 12.7 Å². The van der Waals surface area contributed by atoms with Crippen LogP contribution in [0.1, 0.15) is 27.2 Å². The van der Waals surface area contributed by atoms with Gasteiger partial charge in [0.1, 0.15) is 0 Å². The summed E-state index contributed by atoms with van der Waals surface area (Å²) in [5.41, 5.74) is 0.377. The summed E-state index contributed by atoms with van der Waals surface area (Å²) < 4.78 is 22.7. The summed E-state index contributed by atoms with van der Waals surface area (Å²) in [4.78, 5) is 1.49. The molecule has 0 spiro atoms.